The molecule has 3 N–H and O–H groups in total. The highest BCUT2D eigenvalue weighted by Gasteiger charge is 2.50. The van der Waals surface area contributed by atoms with Crippen molar-refractivity contribution in [3.05, 3.63) is 42.2 Å². The summed E-state index contributed by atoms with van der Waals surface area (Å²) in [5, 5.41) is 13.4. The molecule has 4 rings (SSSR count). The van der Waals surface area contributed by atoms with Crippen molar-refractivity contribution in [3.63, 3.8) is 0 Å². The standard InChI is InChI=1S/C19H22N4O3/c24-15-6-11-23(12-19(15)7-3-8-22-18(19)26)17(25)14-5-2-1-4-13(14)16-20-9-10-21-16/h1-2,4-5,9-10,15,24H,3,6-8,11-12H2,(H,20,21)(H,22,26)/t15-,19+/m0/s1. The van der Waals surface area contributed by atoms with Crippen molar-refractivity contribution in [2.75, 3.05) is 19.6 Å². The number of carbonyl (C=O) groups is 2. The van der Waals surface area contributed by atoms with Gasteiger partial charge >= 0.3 is 0 Å². The molecule has 136 valence electrons. The zero-order valence-electron chi connectivity index (χ0n) is 14.4. The first-order valence-electron chi connectivity index (χ1n) is 8.96. The second kappa shape index (κ2) is 6.57. The van der Waals surface area contributed by atoms with Gasteiger partial charge in [-0.1, -0.05) is 18.2 Å². The third kappa shape index (κ3) is 2.68. The van der Waals surface area contributed by atoms with Crippen molar-refractivity contribution in [3.8, 4) is 11.4 Å². The quantitative estimate of drug-likeness (QED) is 0.754. The van der Waals surface area contributed by atoms with Gasteiger partial charge in [0.05, 0.1) is 17.1 Å². The lowest BCUT2D eigenvalue weighted by molar-refractivity contribution is -0.147. The number of nitrogens with one attached hydrogen (secondary N) is 2. The van der Waals surface area contributed by atoms with Gasteiger partial charge in [0.2, 0.25) is 5.91 Å². The second-order valence-corrected chi connectivity index (χ2v) is 7.03. The fourth-order valence-corrected chi connectivity index (χ4v) is 4.08. The SMILES string of the molecule is O=C(c1ccccc1-c1ncc[nH]1)N1CC[C@H](O)[C@@]2(CCCNC2=O)C1. The molecule has 26 heavy (non-hydrogen) atoms. The van der Waals surface area contributed by atoms with E-state index in [1.54, 1.807) is 23.4 Å². The summed E-state index contributed by atoms with van der Waals surface area (Å²) in [5.41, 5.74) is 0.382. The Morgan fingerprint density at radius 3 is 2.96 bits per heavy atom. The molecule has 2 atom stereocenters. The van der Waals surface area contributed by atoms with Crippen LogP contribution in [0.4, 0.5) is 0 Å². The average Bonchev–Trinajstić information content (AvgIpc) is 3.20. The molecule has 2 amide bonds. The Morgan fingerprint density at radius 2 is 2.19 bits per heavy atom. The van der Waals surface area contributed by atoms with Gasteiger partial charge in [0.1, 0.15) is 5.82 Å². The molecule has 2 aromatic rings. The molecule has 0 aliphatic carbocycles. The van der Waals surface area contributed by atoms with Crippen LogP contribution in [0.25, 0.3) is 11.4 Å². The Morgan fingerprint density at radius 1 is 1.35 bits per heavy atom. The molecule has 3 heterocycles. The Bertz CT molecular complexity index is 820. The fraction of sp³-hybridized carbons (Fsp3) is 0.421. The summed E-state index contributed by atoms with van der Waals surface area (Å²) in [7, 11) is 0. The molecule has 0 unspecified atom stereocenters. The van der Waals surface area contributed by atoms with Crippen molar-refractivity contribution in [1.82, 2.24) is 20.2 Å². The highest BCUT2D eigenvalue weighted by atomic mass is 16.3. The molecule has 0 bridgehead atoms. The van der Waals surface area contributed by atoms with Crippen LogP contribution in [0, 0.1) is 5.41 Å². The van der Waals surface area contributed by atoms with E-state index in [1.807, 2.05) is 18.2 Å². The second-order valence-electron chi connectivity index (χ2n) is 7.03. The molecule has 7 nitrogen and oxygen atoms in total. The van der Waals surface area contributed by atoms with E-state index in [0.717, 1.165) is 12.0 Å². The molecular formula is C19H22N4O3. The van der Waals surface area contributed by atoms with E-state index in [2.05, 4.69) is 15.3 Å². The molecule has 0 radical (unpaired) electrons. The number of rotatable bonds is 2. The van der Waals surface area contributed by atoms with Gasteiger partial charge in [-0.15, -0.1) is 0 Å². The smallest absolute Gasteiger partial charge is 0.254 e. The van der Waals surface area contributed by atoms with Crippen LogP contribution < -0.4 is 5.32 Å². The van der Waals surface area contributed by atoms with Crippen molar-refractivity contribution >= 4 is 11.8 Å². The number of imidazole rings is 1. The Hall–Kier alpha value is -2.67. The first-order valence-corrected chi connectivity index (χ1v) is 8.96. The van der Waals surface area contributed by atoms with Gasteiger partial charge in [0.25, 0.3) is 5.91 Å². The van der Waals surface area contributed by atoms with Gasteiger partial charge in [-0.3, -0.25) is 9.59 Å². The van der Waals surface area contributed by atoms with Gasteiger partial charge in [-0.2, -0.15) is 0 Å². The number of benzene rings is 1. The molecule has 7 heteroatoms. The number of nitrogens with zero attached hydrogens (tertiary/aromatic N) is 2. The number of amides is 2. The molecule has 2 aliphatic heterocycles. The van der Waals surface area contributed by atoms with Crippen LogP contribution in [0.3, 0.4) is 0 Å². The normalized spacial score (nSPS) is 26.0. The Balaban J connectivity index is 1.64. The van der Waals surface area contributed by atoms with E-state index >= 15 is 0 Å². The maximum absolute atomic E-state index is 13.2. The topological polar surface area (TPSA) is 98.3 Å². The number of aromatic nitrogens is 2. The molecule has 0 saturated carbocycles. The maximum atomic E-state index is 13.2. The van der Waals surface area contributed by atoms with Crippen molar-refractivity contribution in [2.24, 2.45) is 5.41 Å². The Labute approximate surface area is 151 Å². The number of likely N-dealkylation sites (tertiary alicyclic amines) is 1. The molecule has 2 aliphatic rings. The molecule has 1 aromatic heterocycles. The van der Waals surface area contributed by atoms with E-state index in [-0.39, 0.29) is 18.4 Å². The van der Waals surface area contributed by atoms with Crippen molar-refractivity contribution < 1.29 is 14.7 Å². The first kappa shape index (κ1) is 16.8. The maximum Gasteiger partial charge on any atom is 0.254 e. The van der Waals surface area contributed by atoms with Crippen molar-refractivity contribution in [2.45, 2.75) is 25.4 Å². The largest absolute Gasteiger partial charge is 0.392 e. The summed E-state index contributed by atoms with van der Waals surface area (Å²) in [4.78, 5) is 34.7. The van der Waals surface area contributed by atoms with E-state index in [4.69, 9.17) is 0 Å². The number of carbonyl (C=O) groups excluding carboxylic acids is 2. The molecular weight excluding hydrogens is 332 g/mol. The number of aromatic amines is 1. The van der Waals surface area contributed by atoms with Gasteiger partial charge in [-0.05, 0) is 25.3 Å². The monoisotopic (exact) mass is 354 g/mol. The van der Waals surface area contributed by atoms with Gasteiger partial charge in [-0.25, -0.2) is 4.98 Å². The lowest BCUT2D eigenvalue weighted by atomic mass is 9.71. The summed E-state index contributed by atoms with van der Waals surface area (Å²) >= 11 is 0. The minimum Gasteiger partial charge on any atom is -0.392 e. The predicted molar refractivity (Wildman–Crippen MR) is 95.2 cm³/mol. The molecule has 1 aromatic carbocycles. The summed E-state index contributed by atoms with van der Waals surface area (Å²) in [6, 6.07) is 7.32. The van der Waals surface area contributed by atoms with Crippen LogP contribution in [0.2, 0.25) is 0 Å². The zero-order valence-corrected chi connectivity index (χ0v) is 14.4. The fourth-order valence-electron chi connectivity index (χ4n) is 4.08. The third-order valence-electron chi connectivity index (χ3n) is 5.52. The predicted octanol–water partition coefficient (Wildman–Crippen LogP) is 1.18. The minimum atomic E-state index is -0.897. The van der Waals surface area contributed by atoms with Crippen molar-refractivity contribution in [1.29, 1.82) is 0 Å². The lowest BCUT2D eigenvalue weighted by Crippen LogP contribution is -2.62. The van der Waals surface area contributed by atoms with E-state index in [1.165, 1.54) is 0 Å². The van der Waals surface area contributed by atoms with E-state index in [0.29, 0.717) is 37.3 Å². The number of H-pyrrole nitrogens is 1. The Kier molecular flexibility index (Phi) is 4.24. The minimum absolute atomic E-state index is 0.137. The third-order valence-corrected chi connectivity index (χ3v) is 5.52. The lowest BCUT2D eigenvalue weighted by Gasteiger charge is -2.46. The number of aliphatic hydroxyl groups is 1. The first-order chi connectivity index (χ1) is 12.6. The highest BCUT2D eigenvalue weighted by molar-refractivity contribution is 6.00. The van der Waals surface area contributed by atoms with Gasteiger partial charge < -0.3 is 20.3 Å². The highest BCUT2D eigenvalue weighted by Crippen LogP contribution is 2.38. The molecule has 2 saturated heterocycles. The van der Waals surface area contributed by atoms with Crippen LogP contribution in [0.5, 0.6) is 0 Å². The van der Waals surface area contributed by atoms with Gasteiger partial charge in [0, 0.05) is 37.6 Å². The summed E-state index contributed by atoms with van der Waals surface area (Å²) in [5.74, 6) is 0.353. The molecule has 1 spiro atoms. The van der Waals surface area contributed by atoms with Crippen LogP contribution in [-0.2, 0) is 4.79 Å². The number of piperidine rings is 2. The van der Waals surface area contributed by atoms with E-state index in [9.17, 15) is 14.7 Å². The number of hydrogen-bond donors (Lipinski definition) is 3. The number of hydrogen-bond acceptors (Lipinski definition) is 4. The average molecular weight is 354 g/mol. The van der Waals surface area contributed by atoms with Crippen LogP contribution in [-0.4, -0.2) is 57.5 Å². The zero-order chi connectivity index (χ0) is 18.1. The number of aliphatic hydroxyl groups excluding tert-OH is 1. The summed E-state index contributed by atoms with van der Waals surface area (Å²) in [6.07, 6.45) is 4.47. The van der Waals surface area contributed by atoms with Crippen LogP contribution in [0.15, 0.2) is 36.7 Å². The van der Waals surface area contributed by atoms with Gasteiger partial charge in [0.15, 0.2) is 0 Å². The summed E-state index contributed by atoms with van der Waals surface area (Å²) in [6.45, 7) is 1.30. The van der Waals surface area contributed by atoms with E-state index < -0.39 is 11.5 Å². The molecule has 2 fully saturated rings. The van der Waals surface area contributed by atoms with Crippen LogP contribution in [0.1, 0.15) is 29.6 Å². The van der Waals surface area contributed by atoms with Crippen LogP contribution >= 0.6 is 0 Å². The summed E-state index contributed by atoms with van der Waals surface area (Å²) < 4.78 is 0.